The highest BCUT2D eigenvalue weighted by molar-refractivity contribution is 6.31. The van der Waals surface area contributed by atoms with Crippen molar-refractivity contribution in [2.45, 2.75) is 19.6 Å². The van der Waals surface area contributed by atoms with Crippen molar-refractivity contribution in [3.05, 3.63) is 29.4 Å². The van der Waals surface area contributed by atoms with Gasteiger partial charge in [0, 0.05) is 41.8 Å². The number of anilines is 1. The number of rotatable bonds is 5. The minimum atomic E-state index is -2.99. The summed E-state index contributed by atoms with van der Waals surface area (Å²) >= 11 is 5.99. The van der Waals surface area contributed by atoms with Crippen LogP contribution >= 0.6 is 11.6 Å². The Morgan fingerprint density at radius 2 is 2.21 bits per heavy atom. The van der Waals surface area contributed by atoms with Crippen molar-refractivity contribution in [2.75, 3.05) is 31.9 Å². The summed E-state index contributed by atoms with van der Waals surface area (Å²) in [7, 11) is 0. The number of nitrogens with two attached hydrogens (primary N) is 1. The fraction of sp³-hybridized carbons (Fsp3) is 0.444. The SMILES string of the molecule is Nc1cn(CC(=O)N2CC3(CCNC3)C2)nc1-c1cc(Cl)ccc1OC(F)F. The van der Waals surface area contributed by atoms with Crippen molar-refractivity contribution in [3.63, 3.8) is 0 Å². The topological polar surface area (TPSA) is 85.4 Å². The van der Waals surface area contributed by atoms with Crippen LogP contribution in [0, 0.1) is 5.41 Å². The lowest BCUT2D eigenvalue weighted by Crippen LogP contribution is -2.60. The van der Waals surface area contributed by atoms with Crippen LogP contribution in [0.5, 0.6) is 5.75 Å². The van der Waals surface area contributed by atoms with Gasteiger partial charge in [-0.05, 0) is 31.2 Å². The molecule has 0 unspecified atom stereocenters. The molecule has 150 valence electrons. The summed E-state index contributed by atoms with van der Waals surface area (Å²) in [5.41, 5.74) is 6.96. The van der Waals surface area contributed by atoms with Crippen LogP contribution in [0.3, 0.4) is 0 Å². The van der Waals surface area contributed by atoms with Gasteiger partial charge in [0.2, 0.25) is 5.91 Å². The highest BCUT2D eigenvalue weighted by Gasteiger charge is 2.46. The molecule has 0 atom stereocenters. The number of halogens is 3. The van der Waals surface area contributed by atoms with E-state index in [1.54, 1.807) is 4.90 Å². The summed E-state index contributed by atoms with van der Waals surface area (Å²) in [5.74, 6) is -0.136. The predicted molar refractivity (Wildman–Crippen MR) is 100 cm³/mol. The number of hydrogen-bond acceptors (Lipinski definition) is 5. The molecule has 2 aliphatic rings. The van der Waals surface area contributed by atoms with Crippen molar-refractivity contribution in [2.24, 2.45) is 5.41 Å². The maximum absolute atomic E-state index is 12.7. The van der Waals surface area contributed by atoms with Crippen LogP contribution in [0.1, 0.15) is 6.42 Å². The van der Waals surface area contributed by atoms with Gasteiger partial charge in [0.05, 0.1) is 5.69 Å². The van der Waals surface area contributed by atoms with Gasteiger partial charge in [-0.15, -0.1) is 0 Å². The fourth-order valence-electron chi connectivity index (χ4n) is 3.86. The maximum Gasteiger partial charge on any atom is 0.387 e. The number of alkyl halides is 2. The van der Waals surface area contributed by atoms with E-state index in [1.807, 2.05) is 0 Å². The standard InChI is InChI=1S/C18H20ClF2N5O2/c19-11-1-2-14(28-17(20)21)12(5-11)16-13(22)6-26(24-16)7-15(27)25-9-18(10-25)3-4-23-8-18/h1-2,5-6,17,23H,3-4,7-10,22H2. The number of amides is 1. The van der Waals surface area contributed by atoms with Crippen molar-refractivity contribution in [1.29, 1.82) is 0 Å². The van der Waals surface area contributed by atoms with Crippen LogP contribution in [-0.4, -0.2) is 53.4 Å². The molecule has 0 saturated carbocycles. The van der Waals surface area contributed by atoms with E-state index in [2.05, 4.69) is 15.2 Å². The lowest BCUT2D eigenvalue weighted by Gasteiger charge is -2.47. The van der Waals surface area contributed by atoms with Gasteiger partial charge >= 0.3 is 6.61 Å². The molecule has 0 aliphatic carbocycles. The zero-order valence-corrected chi connectivity index (χ0v) is 15.8. The van der Waals surface area contributed by atoms with E-state index in [0.717, 1.165) is 32.6 Å². The average Bonchev–Trinajstić information content (AvgIpc) is 3.22. The van der Waals surface area contributed by atoms with Gasteiger partial charge in [-0.3, -0.25) is 9.48 Å². The third-order valence-corrected chi connectivity index (χ3v) is 5.47. The zero-order valence-electron chi connectivity index (χ0n) is 15.0. The molecule has 1 aromatic heterocycles. The summed E-state index contributed by atoms with van der Waals surface area (Å²) in [6.07, 6.45) is 2.59. The zero-order chi connectivity index (χ0) is 19.9. The van der Waals surface area contributed by atoms with Gasteiger partial charge in [0.15, 0.2) is 0 Å². The second kappa shape index (κ2) is 7.21. The molecular formula is C18H20ClF2N5O2. The van der Waals surface area contributed by atoms with Crippen LogP contribution in [0.2, 0.25) is 5.02 Å². The van der Waals surface area contributed by atoms with Gasteiger partial charge in [-0.1, -0.05) is 11.6 Å². The molecule has 1 spiro atoms. The minimum absolute atomic E-state index is 0.0271. The second-order valence-electron chi connectivity index (χ2n) is 7.33. The molecule has 10 heteroatoms. The van der Waals surface area contributed by atoms with Crippen LogP contribution in [-0.2, 0) is 11.3 Å². The molecule has 2 saturated heterocycles. The Hall–Kier alpha value is -2.39. The number of hydrogen-bond donors (Lipinski definition) is 2. The van der Waals surface area contributed by atoms with Crippen molar-refractivity contribution in [3.8, 4) is 17.0 Å². The van der Waals surface area contributed by atoms with Crippen LogP contribution in [0.15, 0.2) is 24.4 Å². The molecule has 2 fully saturated rings. The quantitative estimate of drug-likeness (QED) is 0.788. The normalized spacial score (nSPS) is 17.9. The molecule has 7 nitrogen and oxygen atoms in total. The van der Waals surface area contributed by atoms with E-state index in [1.165, 1.54) is 29.1 Å². The molecule has 0 bridgehead atoms. The number of carbonyl (C=O) groups is 1. The van der Waals surface area contributed by atoms with Crippen LogP contribution in [0.4, 0.5) is 14.5 Å². The van der Waals surface area contributed by atoms with E-state index >= 15 is 0 Å². The smallest absolute Gasteiger partial charge is 0.387 e. The van der Waals surface area contributed by atoms with E-state index in [9.17, 15) is 13.6 Å². The molecule has 0 radical (unpaired) electrons. The number of ether oxygens (including phenoxy) is 1. The first-order chi connectivity index (χ1) is 13.3. The van der Waals surface area contributed by atoms with Crippen LogP contribution < -0.4 is 15.8 Å². The summed E-state index contributed by atoms with van der Waals surface area (Å²) < 4.78 is 31.3. The maximum atomic E-state index is 12.7. The summed E-state index contributed by atoms with van der Waals surface area (Å²) in [6, 6.07) is 4.23. The Balaban J connectivity index is 1.50. The number of nitrogens with zero attached hydrogens (tertiary/aromatic N) is 3. The third kappa shape index (κ3) is 3.64. The first-order valence-corrected chi connectivity index (χ1v) is 9.29. The average molecular weight is 412 g/mol. The molecule has 3 N–H and O–H groups in total. The number of aromatic nitrogens is 2. The van der Waals surface area contributed by atoms with E-state index in [-0.39, 0.29) is 40.6 Å². The van der Waals surface area contributed by atoms with Gasteiger partial charge in [0.25, 0.3) is 0 Å². The Morgan fingerprint density at radius 1 is 1.43 bits per heavy atom. The molecule has 2 aromatic rings. The molecule has 1 aromatic carbocycles. The van der Waals surface area contributed by atoms with Gasteiger partial charge in [-0.25, -0.2) is 0 Å². The van der Waals surface area contributed by atoms with Gasteiger partial charge < -0.3 is 20.7 Å². The summed E-state index contributed by atoms with van der Waals surface area (Å²) in [6.45, 7) is 0.445. The first kappa shape index (κ1) is 18.9. The van der Waals surface area contributed by atoms with Crippen LogP contribution in [0.25, 0.3) is 11.3 Å². The molecule has 2 aliphatic heterocycles. The van der Waals surface area contributed by atoms with Gasteiger partial charge in [0.1, 0.15) is 18.0 Å². The molecule has 1 amide bonds. The minimum Gasteiger partial charge on any atom is -0.434 e. The molecule has 4 rings (SSSR count). The first-order valence-electron chi connectivity index (χ1n) is 8.91. The lowest BCUT2D eigenvalue weighted by molar-refractivity contribution is -0.143. The van der Waals surface area contributed by atoms with Crippen molar-refractivity contribution < 1.29 is 18.3 Å². The van der Waals surface area contributed by atoms with Crippen molar-refractivity contribution >= 4 is 23.2 Å². The lowest BCUT2D eigenvalue weighted by atomic mass is 9.79. The van der Waals surface area contributed by atoms with Gasteiger partial charge in [-0.2, -0.15) is 13.9 Å². The number of likely N-dealkylation sites (tertiary alicyclic amines) is 1. The number of nitrogen functional groups attached to an aromatic ring is 1. The number of benzene rings is 1. The Morgan fingerprint density at radius 3 is 2.89 bits per heavy atom. The summed E-state index contributed by atoms with van der Waals surface area (Å²) in [4.78, 5) is 14.3. The fourth-order valence-corrected chi connectivity index (χ4v) is 4.03. The van der Waals surface area contributed by atoms with E-state index in [0.29, 0.717) is 5.02 Å². The summed E-state index contributed by atoms with van der Waals surface area (Å²) in [5, 5.41) is 7.97. The Bertz CT molecular complexity index is 890. The highest BCUT2D eigenvalue weighted by Crippen LogP contribution is 2.37. The Kier molecular flexibility index (Phi) is 4.88. The molecule has 3 heterocycles. The number of carbonyl (C=O) groups excluding carboxylic acids is 1. The third-order valence-electron chi connectivity index (χ3n) is 5.24. The van der Waals surface area contributed by atoms with E-state index in [4.69, 9.17) is 17.3 Å². The van der Waals surface area contributed by atoms with E-state index < -0.39 is 6.61 Å². The largest absolute Gasteiger partial charge is 0.434 e. The second-order valence-corrected chi connectivity index (χ2v) is 7.76. The molecule has 28 heavy (non-hydrogen) atoms. The predicted octanol–water partition coefficient (Wildman–Crippen LogP) is 2.21. The molecular weight excluding hydrogens is 392 g/mol. The number of nitrogens with one attached hydrogen (secondary N) is 1. The Labute approximate surface area is 165 Å². The monoisotopic (exact) mass is 411 g/mol. The van der Waals surface area contributed by atoms with Crippen molar-refractivity contribution in [1.82, 2.24) is 20.0 Å². The highest BCUT2D eigenvalue weighted by atomic mass is 35.5.